The summed E-state index contributed by atoms with van der Waals surface area (Å²) in [6.45, 7) is 3.79. The Balaban J connectivity index is 0.000000515. The summed E-state index contributed by atoms with van der Waals surface area (Å²) < 4.78 is 53.4. The Morgan fingerprint density at radius 3 is 2.53 bits per heavy atom. The highest BCUT2D eigenvalue weighted by Crippen LogP contribution is 2.46. The maximum Gasteiger partial charge on any atom is 0.490 e. The largest absolute Gasteiger partial charge is 0.490 e. The Morgan fingerprint density at radius 2 is 1.91 bits per heavy atom. The number of nitrogens with two attached hydrogens (primary N) is 1. The molecule has 0 bridgehead atoms. The number of aryl methyl sites for hydroxylation is 1. The molecule has 2 atom stereocenters. The van der Waals surface area contributed by atoms with E-state index in [4.69, 9.17) is 25.4 Å². The molecule has 0 unspecified atom stereocenters. The van der Waals surface area contributed by atoms with Crippen LogP contribution in [-0.2, 0) is 44.3 Å². The maximum atomic E-state index is 15.0. The van der Waals surface area contributed by atoms with Crippen LogP contribution in [0, 0.1) is 12.7 Å². The molecule has 1 aliphatic carbocycles. The average Bonchev–Trinajstić information content (AvgIpc) is 3.36. The zero-order valence-corrected chi connectivity index (χ0v) is 24.3. The fourth-order valence-electron chi connectivity index (χ4n) is 6.23. The minimum absolute atomic E-state index is 0.0374. The van der Waals surface area contributed by atoms with Crippen LogP contribution in [-0.4, -0.2) is 50.3 Å². The number of ether oxygens (including phenoxy) is 1. The topological polar surface area (TPSA) is 174 Å². The van der Waals surface area contributed by atoms with E-state index in [1.165, 1.54) is 6.07 Å². The van der Waals surface area contributed by atoms with E-state index in [9.17, 15) is 37.1 Å². The number of cyclic esters (lactones) is 1. The number of carbonyl (C=O) groups excluding carboxylic acids is 2. The summed E-state index contributed by atoms with van der Waals surface area (Å²) in [4.78, 5) is 52.6. The van der Waals surface area contributed by atoms with Crippen LogP contribution in [0.1, 0.15) is 72.0 Å². The minimum atomic E-state index is -5.08. The van der Waals surface area contributed by atoms with E-state index in [1.807, 2.05) is 0 Å². The first-order chi connectivity index (χ1) is 21.1. The second kappa shape index (κ2) is 11.5. The smallest absolute Gasteiger partial charge is 0.475 e. The van der Waals surface area contributed by atoms with Crippen molar-refractivity contribution in [3.8, 4) is 11.4 Å². The number of amides is 1. The Labute approximate surface area is 253 Å². The number of carboxylic acid groups (broad SMARTS) is 1. The number of benzene rings is 1. The van der Waals surface area contributed by atoms with Crippen molar-refractivity contribution in [2.45, 2.75) is 76.9 Å². The van der Waals surface area contributed by atoms with Gasteiger partial charge < -0.3 is 30.6 Å². The van der Waals surface area contributed by atoms with E-state index in [1.54, 1.807) is 24.5 Å². The molecular weight excluding hydrogens is 604 g/mol. The average molecular weight is 635 g/mol. The van der Waals surface area contributed by atoms with Crippen molar-refractivity contribution >= 4 is 28.7 Å². The molecule has 3 aromatic rings. The first-order valence-electron chi connectivity index (χ1n) is 14.2. The number of nitrogens with zero attached hydrogens (tertiary/aromatic N) is 2. The molecule has 0 saturated carbocycles. The molecule has 4 heterocycles. The van der Waals surface area contributed by atoms with Crippen LogP contribution in [0.15, 0.2) is 16.9 Å². The molecule has 0 spiro atoms. The highest BCUT2D eigenvalue weighted by molar-refractivity contribution is 5.94. The Bertz CT molecular complexity index is 1820. The summed E-state index contributed by atoms with van der Waals surface area (Å²) in [5.74, 6) is -4.03. The number of nitrogens with one attached hydrogen (secondary N) is 1. The molecule has 11 nitrogen and oxygen atoms in total. The summed E-state index contributed by atoms with van der Waals surface area (Å²) in [5.41, 5.74) is 8.16. The lowest BCUT2D eigenvalue weighted by Crippen LogP contribution is -2.44. The molecule has 5 N–H and O–H groups in total. The molecule has 15 heteroatoms. The summed E-state index contributed by atoms with van der Waals surface area (Å²) in [7, 11) is 0. The molecule has 240 valence electrons. The van der Waals surface area contributed by atoms with Crippen molar-refractivity contribution in [2.24, 2.45) is 5.73 Å². The van der Waals surface area contributed by atoms with E-state index in [0.717, 1.165) is 22.1 Å². The molecule has 3 aliphatic rings. The van der Waals surface area contributed by atoms with Crippen LogP contribution in [0.5, 0.6) is 0 Å². The van der Waals surface area contributed by atoms with Gasteiger partial charge in [0, 0.05) is 29.0 Å². The number of aromatic nitrogens is 2. The lowest BCUT2D eigenvalue weighted by Gasteiger charge is -2.31. The quantitative estimate of drug-likeness (QED) is 0.190. The van der Waals surface area contributed by atoms with Crippen molar-refractivity contribution in [3.63, 3.8) is 0 Å². The zero-order chi connectivity index (χ0) is 33.0. The number of halogens is 4. The van der Waals surface area contributed by atoms with E-state index >= 15 is 0 Å². The number of pyridine rings is 2. The monoisotopic (exact) mass is 634 g/mol. The number of rotatable bonds is 5. The van der Waals surface area contributed by atoms with Crippen LogP contribution in [0.3, 0.4) is 0 Å². The summed E-state index contributed by atoms with van der Waals surface area (Å²) in [5, 5.41) is 22.2. The summed E-state index contributed by atoms with van der Waals surface area (Å²) in [6.07, 6.45) is -3.02. The third-order valence-electron chi connectivity index (χ3n) is 8.56. The Kier molecular flexibility index (Phi) is 8.21. The molecule has 0 saturated heterocycles. The Morgan fingerprint density at radius 1 is 1.22 bits per heavy atom. The number of alkyl halides is 3. The van der Waals surface area contributed by atoms with Gasteiger partial charge in [-0.25, -0.2) is 19.0 Å². The first kappa shape index (κ1) is 32.0. The van der Waals surface area contributed by atoms with Crippen LogP contribution >= 0.6 is 0 Å². The van der Waals surface area contributed by atoms with Crippen LogP contribution < -0.4 is 16.6 Å². The van der Waals surface area contributed by atoms with Gasteiger partial charge in [0.05, 0.1) is 35.1 Å². The van der Waals surface area contributed by atoms with Gasteiger partial charge >= 0.3 is 18.1 Å². The van der Waals surface area contributed by atoms with Gasteiger partial charge in [0.25, 0.3) is 5.56 Å². The fraction of sp³-hybridized carbons (Fsp3) is 0.433. The minimum Gasteiger partial charge on any atom is -0.475 e. The van der Waals surface area contributed by atoms with Crippen molar-refractivity contribution in [2.75, 3.05) is 6.54 Å². The number of aliphatic hydroxyl groups is 1. The molecule has 2 aromatic heterocycles. The molecule has 1 amide bonds. The normalized spacial score (nSPS) is 19.6. The number of hydrogen-bond acceptors (Lipinski definition) is 8. The predicted octanol–water partition coefficient (Wildman–Crippen LogP) is 3.00. The van der Waals surface area contributed by atoms with Gasteiger partial charge in [-0.2, -0.15) is 13.2 Å². The van der Waals surface area contributed by atoms with Crippen LogP contribution in [0.2, 0.25) is 0 Å². The third kappa shape index (κ3) is 5.33. The number of carboxylic acids is 1. The SMILES string of the molecule is CC[C@@]1(O)C(=O)OCc2c1cc1n(c2=O)Cc2c-1nc1cc(F)c(C)c3c1c2[C@@H](NC(=O)CCCN)CC3.O=C(O)C(F)(F)F. The molecule has 1 aromatic carbocycles. The zero-order valence-electron chi connectivity index (χ0n) is 24.3. The number of hydrogen-bond donors (Lipinski definition) is 4. The van der Waals surface area contributed by atoms with Crippen molar-refractivity contribution < 1.29 is 46.9 Å². The summed E-state index contributed by atoms with van der Waals surface area (Å²) in [6, 6.07) is 2.70. The second-order valence-electron chi connectivity index (χ2n) is 11.2. The molecule has 0 fully saturated rings. The highest BCUT2D eigenvalue weighted by Gasteiger charge is 2.46. The van der Waals surface area contributed by atoms with Gasteiger partial charge in [0.15, 0.2) is 5.60 Å². The van der Waals surface area contributed by atoms with E-state index < -0.39 is 23.7 Å². The fourth-order valence-corrected chi connectivity index (χ4v) is 6.23. The third-order valence-corrected chi connectivity index (χ3v) is 8.56. The van der Waals surface area contributed by atoms with Crippen molar-refractivity contribution in [1.82, 2.24) is 14.9 Å². The van der Waals surface area contributed by atoms with Gasteiger partial charge in [-0.15, -0.1) is 0 Å². The molecule has 2 aliphatic heterocycles. The molecule has 0 radical (unpaired) electrons. The van der Waals surface area contributed by atoms with E-state index in [-0.39, 0.29) is 54.0 Å². The molecule has 45 heavy (non-hydrogen) atoms. The number of fused-ring (bicyclic) bond motifs is 5. The first-order valence-corrected chi connectivity index (χ1v) is 14.2. The lowest BCUT2D eigenvalue weighted by atomic mass is 9.81. The van der Waals surface area contributed by atoms with Gasteiger partial charge in [-0.3, -0.25) is 9.59 Å². The standard InChI is InChI=1S/C28H29FN4O5.C2HF3O2/c1-3-28(37)17-9-21-25-15(11-33(21)26(35)16(17)12-38-27(28)36)24-19(31-22(34)5-4-8-30)7-6-14-13(2)18(29)10-20(32-25)23(14)24;3-2(4,5)1(6)7/h9-10,19,37H,3-8,11-12,30H2,1-2H3,(H,31,34);(H,6,7)/t19-,28-;/m0./s1. The number of aliphatic carboxylic acids is 1. The summed E-state index contributed by atoms with van der Waals surface area (Å²) >= 11 is 0. The Hall–Kier alpha value is -4.37. The van der Waals surface area contributed by atoms with Crippen LogP contribution in [0.4, 0.5) is 17.6 Å². The van der Waals surface area contributed by atoms with Crippen molar-refractivity contribution in [1.29, 1.82) is 0 Å². The van der Waals surface area contributed by atoms with Gasteiger partial charge in [0.1, 0.15) is 12.4 Å². The van der Waals surface area contributed by atoms with Gasteiger partial charge in [0.2, 0.25) is 5.91 Å². The lowest BCUT2D eigenvalue weighted by molar-refractivity contribution is -0.192. The van der Waals surface area contributed by atoms with Crippen LogP contribution in [0.25, 0.3) is 22.3 Å². The highest BCUT2D eigenvalue weighted by atomic mass is 19.4. The van der Waals surface area contributed by atoms with E-state index in [0.29, 0.717) is 54.7 Å². The maximum absolute atomic E-state index is 15.0. The number of esters is 1. The predicted molar refractivity (Wildman–Crippen MR) is 150 cm³/mol. The second-order valence-corrected chi connectivity index (χ2v) is 11.2. The number of carbonyl (C=O) groups is 3. The van der Waals surface area contributed by atoms with Crippen molar-refractivity contribution in [3.05, 3.63) is 61.7 Å². The van der Waals surface area contributed by atoms with Gasteiger partial charge in [-0.1, -0.05) is 6.92 Å². The molecular formula is C30H30F4N4O7. The molecule has 6 rings (SSSR count). The van der Waals surface area contributed by atoms with Gasteiger partial charge in [-0.05, 0) is 61.9 Å². The van der Waals surface area contributed by atoms with E-state index in [2.05, 4.69) is 5.32 Å².